The first kappa shape index (κ1) is 13.6. The Kier molecular flexibility index (Phi) is 4.58. The fourth-order valence-electron chi connectivity index (χ4n) is 1.86. The van der Waals surface area contributed by atoms with Crippen LogP contribution in [-0.2, 0) is 0 Å². The molecule has 1 amide bonds. The van der Waals surface area contributed by atoms with Crippen molar-refractivity contribution in [2.45, 2.75) is 19.8 Å². The first-order chi connectivity index (χ1) is 9.15. The van der Waals surface area contributed by atoms with Gasteiger partial charge in [-0.2, -0.15) is 0 Å². The van der Waals surface area contributed by atoms with Gasteiger partial charge in [-0.25, -0.2) is 0 Å². The molecule has 2 nitrogen and oxygen atoms in total. The number of carbonyl (C=O) groups excluding carboxylic acids is 1. The van der Waals surface area contributed by atoms with E-state index in [1.165, 1.54) is 5.57 Å². The van der Waals surface area contributed by atoms with E-state index in [2.05, 4.69) is 30.5 Å². The second-order valence-corrected chi connectivity index (χ2v) is 4.92. The highest BCUT2D eigenvalue weighted by Gasteiger charge is 2.07. The van der Waals surface area contributed by atoms with Gasteiger partial charge < -0.3 is 5.32 Å². The maximum absolute atomic E-state index is 12.1. The van der Waals surface area contributed by atoms with Crippen LogP contribution in [0.15, 0.2) is 59.8 Å². The third kappa shape index (κ3) is 4.11. The molecule has 0 heterocycles. The minimum Gasteiger partial charge on any atom is -0.326 e. The molecule has 1 aliphatic carbocycles. The molecule has 1 aromatic carbocycles. The Morgan fingerprint density at radius 2 is 2.16 bits per heavy atom. The summed E-state index contributed by atoms with van der Waals surface area (Å²) in [7, 11) is 0. The van der Waals surface area contributed by atoms with Gasteiger partial charge >= 0.3 is 0 Å². The molecular weight excluding hydrogens is 258 g/mol. The lowest BCUT2D eigenvalue weighted by Gasteiger charge is -2.10. The van der Waals surface area contributed by atoms with Crippen molar-refractivity contribution in [2.24, 2.45) is 0 Å². The molecule has 0 bridgehead atoms. The van der Waals surface area contributed by atoms with E-state index in [4.69, 9.17) is 11.6 Å². The summed E-state index contributed by atoms with van der Waals surface area (Å²) in [6.45, 7) is 2.07. The summed E-state index contributed by atoms with van der Waals surface area (Å²) in [5.41, 5.74) is 2.74. The Balaban J connectivity index is 2.07. The van der Waals surface area contributed by atoms with Crippen molar-refractivity contribution in [3.63, 3.8) is 0 Å². The van der Waals surface area contributed by atoms with Crippen LogP contribution in [0, 0.1) is 0 Å². The molecule has 2 rings (SSSR count). The van der Waals surface area contributed by atoms with Crippen LogP contribution in [0.3, 0.4) is 0 Å². The molecular formula is C16H16ClNO. The van der Waals surface area contributed by atoms with E-state index in [1.807, 2.05) is 6.08 Å². The van der Waals surface area contributed by atoms with Gasteiger partial charge in [-0.3, -0.25) is 4.79 Å². The molecule has 0 saturated carbocycles. The van der Waals surface area contributed by atoms with Crippen LogP contribution in [-0.4, -0.2) is 5.91 Å². The number of allylic oxidation sites excluding steroid dienone is 5. The van der Waals surface area contributed by atoms with Gasteiger partial charge in [0.25, 0.3) is 5.91 Å². The van der Waals surface area contributed by atoms with Crippen molar-refractivity contribution in [3.05, 3.63) is 70.4 Å². The minimum absolute atomic E-state index is 0.122. The van der Waals surface area contributed by atoms with Gasteiger partial charge in [-0.1, -0.05) is 47.5 Å². The summed E-state index contributed by atoms with van der Waals surface area (Å²) >= 11 is 5.88. The van der Waals surface area contributed by atoms with Gasteiger partial charge in [0.15, 0.2) is 0 Å². The van der Waals surface area contributed by atoms with Crippen LogP contribution in [0.1, 0.15) is 30.1 Å². The molecule has 0 saturated heterocycles. The summed E-state index contributed by atoms with van der Waals surface area (Å²) in [6.07, 6.45) is 9.85. The van der Waals surface area contributed by atoms with E-state index in [-0.39, 0.29) is 5.91 Å². The fraction of sp³-hybridized carbons (Fsp3) is 0.188. The topological polar surface area (TPSA) is 29.1 Å². The average molecular weight is 274 g/mol. The smallest absolute Gasteiger partial charge is 0.255 e. The average Bonchev–Trinajstić information content (AvgIpc) is 2.35. The Hall–Kier alpha value is -1.80. The van der Waals surface area contributed by atoms with Crippen LogP contribution < -0.4 is 5.32 Å². The highest BCUT2D eigenvalue weighted by molar-refractivity contribution is 6.30. The molecule has 1 aliphatic rings. The molecule has 98 valence electrons. The lowest BCUT2D eigenvalue weighted by atomic mass is 10.1. The number of amides is 1. The highest BCUT2D eigenvalue weighted by Crippen LogP contribution is 2.13. The van der Waals surface area contributed by atoms with Crippen molar-refractivity contribution < 1.29 is 4.79 Å². The number of halogens is 1. The van der Waals surface area contributed by atoms with Crippen LogP contribution in [0.2, 0.25) is 5.02 Å². The summed E-state index contributed by atoms with van der Waals surface area (Å²) in [4.78, 5) is 12.1. The van der Waals surface area contributed by atoms with Crippen molar-refractivity contribution in [1.82, 2.24) is 5.32 Å². The minimum atomic E-state index is -0.122. The summed E-state index contributed by atoms with van der Waals surface area (Å²) in [5.74, 6) is -0.122. The molecule has 0 fully saturated rings. The van der Waals surface area contributed by atoms with Crippen molar-refractivity contribution >= 4 is 17.5 Å². The van der Waals surface area contributed by atoms with Crippen molar-refractivity contribution in [1.29, 1.82) is 0 Å². The van der Waals surface area contributed by atoms with Gasteiger partial charge in [0.05, 0.1) is 0 Å². The monoisotopic (exact) mass is 273 g/mol. The van der Waals surface area contributed by atoms with E-state index < -0.39 is 0 Å². The van der Waals surface area contributed by atoms with Crippen LogP contribution in [0.5, 0.6) is 0 Å². The quantitative estimate of drug-likeness (QED) is 0.857. The Morgan fingerprint density at radius 3 is 2.95 bits per heavy atom. The number of hydrogen-bond acceptors (Lipinski definition) is 1. The molecule has 0 aliphatic heterocycles. The molecule has 0 aromatic heterocycles. The second kappa shape index (κ2) is 6.39. The zero-order valence-corrected chi connectivity index (χ0v) is 11.6. The van der Waals surface area contributed by atoms with E-state index in [9.17, 15) is 4.79 Å². The van der Waals surface area contributed by atoms with Gasteiger partial charge in [-0.05, 0) is 31.5 Å². The molecule has 1 N–H and O–H groups in total. The summed E-state index contributed by atoms with van der Waals surface area (Å²) < 4.78 is 0. The lowest BCUT2D eigenvalue weighted by Crippen LogP contribution is -2.22. The van der Waals surface area contributed by atoms with E-state index >= 15 is 0 Å². The molecule has 0 radical (unpaired) electrons. The zero-order chi connectivity index (χ0) is 13.7. The number of nitrogens with one attached hydrogen (secondary N) is 1. The third-order valence-electron chi connectivity index (χ3n) is 2.88. The maximum atomic E-state index is 12.1. The standard InChI is InChI=1S/C16H16ClNO/c1-12-5-2-9-15(10-3-6-12)18-16(19)13-7-4-8-14(17)11-13/h2,4-8,10-11H,3,9H2,1H3,(H,18,19)/b5-2?,12-6-,15-10+. The van der Waals surface area contributed by atoms with Gasteiger partial charge in [0, 0.05) is 22.7 Å². The normalized spacial score (nSPS) is 20.5. The molecule has 0 unspecified atom stereocenters. The third-order valence-corrected chi connectivity index (χ3v) is 3.12. The zero-order valence-electron chi connectivity index (χ0n) is 10.8. The van der Waals surface area contributed by atoms with Gasteiger partial charge in [0.1, 0.15) is 0 Å². The van der Waals surface area contributed by atoms with Crippen LogP contribution in [0.25, 0.3) is 0 Å². The van der Waals surface area contributed by atoms with Crippen LogP contribution >= 0.6 is 11.6 Å². The molecule has 0 atom stereocenters. The predicted molar refractivity (Wildman–Crippen MR) is 79.1 cm³/mol. The predicted octanol–water partition coefficient (Wildman–Crippen LogP) is 4.25. The first-order valence-corrected chi connectivity index (χ1v) is 6.62. The Labute approximate surface area is 118 Å². The fourth-order valence-corrected chi connectivity index (χ4v) is 2.05. The number of benzene rings is 1. The maximum Gasteiger partial charge on any atom is 0.255 e. The Morgan fingerprint density at radius 1 is 1.32 bits per heavy atom. The SMILES string of the molecule is C/C1=C/C/C=C(/NC(=O)c2cccc(Cl)c2)CC=C1. The largest absolute Gasteiger partial charge is 0.326 e. The van der Waals surface area contributed by atoms with Gasteiger partial charge in [-0.15, -0.1) is 0 Å². The lowest BCUT2D eigenvalue weighted by molar-refractivity contribution is 0.0965. The van der Waals surface area contributed by atoms with Crippen molar-refractivity contribution in [2.75, 3.05) is 0 Å². The van der Waals surface area contributed by atoms with Crippen molar-refractivity contribution in [3.8, 4) is 0 Å². The van der Waals surface area contributed by atoms with E-state index in [1.54, 1.807) is 24.3 Å². The highest BCUT2D eigenvalue weighted by atomic mass is 35.5. The molecule has 19 heavy (non-hydrogen) atoms. The van der Waals surface area contributed by atoms with Gasteiger partial charge in [0.2, 0.25) is 0 Å². The Bertz CT molecular complexity index is 570. The summed E-state index contributed by atoms with van der Waals surface area (Å²) in [5, 5.41) is 3.50. The second-order valence-electron chi connectivity index (χ2n) is 4.48. The number of rotatable bonds is 2. The summed E-state index contributed by atoms with van der Waals surface area (Å²) in [6, 6.07) is 6.95. The van der Waals surface area contributed by atoms with Crippen LogP contribution in [0.4, 0.5) is 0 Å². The van der Waals surface area contributed by atoms with E-state index in [0.29, 0.717) is 10.6 Å². The van der Waals surface area contributed by atoms with E-state index in [0.717, 1.165) is 18.5 Å². The molecule has 0 spiro atoms. The first-order valence-electron chi connectivity index (χ1n) is 6.24. The molecule has 3 heteroatoms. The number of carbonyl (C=O) groups is 1. The molecule has 1 aromatic rings. The number of hydrogen-bond donors (Lipinski definition) is 1.